The molecule has 28 heavy (non-hydrogen) atoms. The van der Waals surface area contributed by atoms with Crippen LogP contribution in [0.1, 0.15) is 16.7 Å². The second kappa shape index (κ2) is 8.01. The third-order valence-corrected chi connectivity index (χ3v) is 4.81. The number of rotatable bonds is 6. The first-order valence-corrected chi connectivity index (χ1v) is 9.42. The van der Waals surface area contributed by atoms with Gasteiger partial charge in [-0.05, 0) is 48.4 Å². The molecular formula is C24H23N3O. The van der Waals surface area contributed by atoms with E-state index >= 15 is 0 Å². The normalized spacial score (nSPS) is 10.8. The summed E-state index contributed by atoms with van der Waals surface area (Å²) in [6.07, 6.45) is 2.25. The SMILES string of the molecule is Cc1ccc(CNc2ccc(NC(=O)Cc3c[nH]c4ccccc34)cc2)cc1. The van der Waals surface area contributed by atoms with E-state index in [9.17, 15) is 4.79 Å². The first-order valence-electron chi connectivity index (χ1n) is 9.42. The molecule has 0 bridgehead atoms. The van der Waals surface area contributed by atoms with Crippen molar-refractivity contribution < 1.29 is 4.79 Å². The molecule has 0 saturated carbocycles. The van der Waals surface area contributed by atoms with Crippen LogP contribution in [0.5, 0.6) is 0 Å². The summed E-state index contributed by atoms with van der Waals surface area (Å²) in [6, 6.07) is 24.3. The minimum absolute atomic E-state index is 0.0230. The quantitative estimate of drug-likeness (QED) is 0.434. The number of anilines is 2. The molecule has 3 N–H and O–H groups in total. The molecular weight excluding hydrogens is 346 g/mol. The summed E-state index contributed by atoms with van der Waals surface area (Å²) < 4.78 is 0. The van der Waals surface area contributed by atoms with Crippen LogP contribution in [0.2, 0.25) is 0 Å². The van der Waals surface area contributed by atoms with Gasteiger partial charge in [0.1, 0.15) is 0 Å². The van der Waals surface area contributed by atoms with Crippen molar-refractivity contribution in [3.8, 4) is 0 Å². The molecule has 1 heterocycles. The van der Waals surface area contributed by atoms with E-state index in [1.807, 2.05) is 54.7 Å². The van der Waals surface area contributed by atoms with E-state index in [0.717, 1.165) is 34.4 Å². The molecule has 0 saturated heterocycles. The molecule has 4 aromatic rings. The Morgan fingerprint density at radius 2 is 1.61 bits per heavy atom. The zero-order valence-electron chi connectivity index (χ0n) is 15.8. The molecule has 1 amide bonds. The summed E-state index contributed by atoms with van der Waals surface area (Å²) in [5.41, 5.74) is 6.37. The van der Waals surface area contributed by atoms with Gasteiger partial charge in [0, 0.05) is 35.0 Å². The Morgan fingerprint density at radius 3 is 2.39 bits per heavy atom. The number of fused-ring (bicyclic) bond motifs is 1. The van der Waals surface area contributed by atoms with Gasteiger partial charge in [-0.25, -0.2) is 0 Å². The van der Waals surface area contributed by atoms with Crippen LogP contribution in [-0.2, 0) is 17.8 Å². The summed E-state index contributed by atoms with van der Waals surface area (Å²) in [4.78, 5) is 15.6. The van der Waals surface area contributed by atoms with E-state index in [-0.39, 0.29) is 5.91 Å². The Morgan fingerprint density at radius 1 is 0.893 bits per heavy atom. The number of nitrogens with one attached hydrogen (secondary N) is 3. The zero-order chi connectivity index (χ0) is 19.3. The maximum Gasteiger partial charge on any atom is 0.228 e. The average molecular weight is 369 g/mol. The van der Waals surface area contributed by atoms with Gasteiger partial charge >= 0.3 is 0 Å². The summed E-state index contributed by atoms with van der Waals surface area (Å²) in [5.74, 6) is -0.0230. The number of hydrogen-bond acceptors (Lipinski definition) is 2. The van der Waals surface area contributed by atoms with Crippen molar-refractivity contribution in [3.05, 3.63) is 95.7 Å². The van der Waals surface area contributed by atoms with E-state index in [2.05, 4.69) is 46.8 Å². The maximum atomic E-state index is 12.4. The van der Waals surface area contributed by atoms with Gasteiger partial charge in [0.05, 0.1) is 6.42 Å². The number of H-pyrrole nitrogens is 1. The van der Waals surface area contributed by atoms with Gasteiger partial charge in [0.25, 0.3) is 0 Å². The number of aromatic amines is 1. The number of amides is 1. The molecule has 0 aliphatic heterocycles. The number of aryl methyl sites for hydroxylation is 1. The fourth-order valence-electron chi connectivity index (χ4n) is 3.24. The van der Waals surface area contributed by atoms with E-state index < -0.39 is 0 Å². The van der Waals surface area contributed by atoms with E-state index in [0.29, 0.717) is 6.42 Å². The number of aromatic nitrogens is 1. The fourth-order valence-corrected chi connectivity index (χ4v) is 3.24. The highest BCUT2D eigenvalue weighted by molar-refractivity contribution is 5.95. The average Bonchev–Trinajstić information content (AvgIpc) is 3.11. The monoisotopic (exact) mass is 369 g/mol. The van der Waals surface area contributed by atoms with Gasteiger partial charge in [-0.3, -0.25) is 4.79 Å². The van der Waals surface area contributed by atoms with E-state index in [4.69, 9.17) is 0 Å². The van der Waals surface area contributed by atoms with E-state index in [1.54, 1.807) is 0 Å². The summed E-state index contributed by atoms with van der Waals surface area (Å²) >= 11 is 0. The minimum Gasteiger partial charge on any atom is -0.381 e. The van der Waals surface area contributed by atoms with Gasteiger partial charge in [-0.15, -0.1) is 0 Å². The number of hydrogen-bond donors (Lipinski definition) is 3. The van der Waals surface area contributed by atoms with Crippen molar-refractivity contribution >= 4 is 28.2 Å². The Hall–Kier alpha value is -3.53. The van der Waals surface area contributed by atoms with Crippen LogP contribution in [0.3, 0.4) is 0 Å². The third kappa shape index (κ3) is 4.23. The minimum atomic E-state index is -0.0230. The van der Waals surface area contributed by atoms with Gasteiger partial charge in [-0.2, -0.15) is 0 Å². The lowest BCUT2D eigenvalue weighted by molar-refractivity contribution is -0.115. The predicted molar refractivity (Wildman–Crippen MR) is 116 cm³/mol. The van der Waals surface area contributed by atoms with Crippen molar-refractivity contribution in [1.82, 2.24) is 4.98 Å². The molecule has 0 unspecified atom stereocenters. The Kier molecular flexibility index (Phi) is 5.11. The van der Waals surface area contributed by atoms with Crippen LogP contribution >= 0.6 is 0 Å². The predicted octanol–water partition coefficient (Wildman–Crippen LogP) is 5.27. The zero-order valence-corrected chi connectivity index (χ0v) is 15.8. The topological polar surface area (TPSA) is 56.9 Å². The largest absolute Gasteiger partial charge is 0.381 e. The van der Waals surface area contributed by atoms with Gasteiger partial charge in [-0.1, -0.05) is 48.0 Å². The number of para-hydroxylation sites is 1. The molecule has 1 aromatic heterocycles. The van der Waals surface area contributed by atoms with Gasteiger partial charge in [0.2, 0.25) is 5.91 Å². The Bertz CT molecular complexity index is 1080. The molecule has 0 radical (unpaired) electrons. The highest BCUT2D eigenvalue weighted by atomic mass is 16.1. The van der Waals surface area contributed by atoms with Crippen LogP contribution in [0.4, 0.5) is 11.4 Å². The molecule has 140 valence electrons. The lowest BCUT2D eigenvalue weighted by Gasteiger charge is -2.09. The molecule has 3 aromatic carbocycles. The molecule has 0 fully saturated rings. The van der Waals surface area contributed by atoms with Gasteiger partial charge < -0.3 is 15.6 Å². The standard InChI is InChI=1S/C24H23N3O/c1-17-6-8-18(9-7-17)15-25-20-10-12-21(13-11-20)27-24(28)14-19-16-26-23-5-3-2-4-22(19)23/h2-13,16,25-26H,14-15H2,1H3,(H,27,28). The van der Waals surface area contributed by atoms with E-state index in [1.165, 1.54) is 11.1 Å². The van der Waals surface area contributed by atoms with Crippen molar-refractivity contribution in [2.45, 2.75) is 19.9 Å². The number of benzene rings is 3. The number of carbonyl (C=O) groups is 1. The summed E-state index contributed by atoms with van der Waals surface area (Å²) in [5, 5.41) is 7.46. The van der Waals surface area contributed by atoms with Crippen LogP contribution in [0.25, 0.3) is 10.9 Å². The first-order chi connectivity index (χ1) is 13.7. The smallest absolute Gasteiger partial charge is 0.228 e. The highest BCUT2D eigenvalue weighted by Crippen LogP contribution is 2.19. The fraction of sp³-hybridized carbons (Fsp3) is 0.125. The van der Waals surface area contributed by atoms with Crippen LogP contribution in [0.15, 0.2) is 79.0 Å². The molecule has 0 aliphatic rings. The summed E-state index contributed by atoms with van der Waals surface area (Å²) in [7, 11) is 0. The first kappa shape index (κ1) is 17.9. The highest BCUT2D eigenvalue weighted by Gasteiger charge is 2.09. The molecule has 0 spiro atoms. The molecule has 4 heteroatoms. The van der Waals surface area contributed by atoms with Gasteiger partial charge in [0.15, 0.2) is 0 Å². The lowest BCUT2D eigenvalue weighted by Crippen LogP contribution is -2.14. The van der Waals surface area contributed by atoms with Crippen molar-refractivity contribution in [2.24, 2.45) is 0 Å². The second-order valence-electron chi connectivity index (χ2n) is 7.00. The Balaban J connectivity index is 1.33. The third-order valence-electron chi connectivity index (χ3n) is 4.81. The van der Waals surface area contributed by atoms with Crippen molar-refractivity contribution in [3.63, 3.8) is 0 Å². The summed E-state index contributed by atoms with van der Waals surface area (Å²) in [6.45, 7) is 2.86. The molecule has 4 nitrogen and oxygen atoms in total. The van der Waals surface area contributed by atoms with Crippen LogP contribution in [0, 0.1) is 6.92 Å². The maximum absolute atomic E-state index is 12.4. The number of carbonyl (C=O) groups excluding carboxylic acids is 1. The second-order valence-corrected chi connectivity index (χ2v) is 7.00. The Labute approximate surface area is 164 Å². The van der Waals surface area contributed by atoms with Crippen LogP contribution in [-0.4, -0.2) is 10.9 Å². The van der Waals surface area contributed by atoms with Crippen LogP contribution < -0.4 is 10.6 Å². The molecule has 0 atom stereocenters. The lowest BCUT2D eigenvalue weighted by atomic mass is 10.1. The molecule has 4 rings (SSSR count). The molecule has 0 aliphatic carbocycles. The van der Waals surface area contributed by atoms with Crippen molar-refractivity contribution in [1.29, 1.82) is 0 Å². The van der Waals surface area contributed by atoms with Crippen molar-refractivity contribution in [2.75, 3.05) is 10.6 Å².